The summed E-state index contributed by atoms with van der Waals surface area (Å²) in [5.74, 6) is -0.173. The first-order valence-electron chi connectivity index (χ1n) is 6.51. The summed E-state index contributed by atoms with van der Waals surface area (Å²) in [6.07, 6.45) is -1.19. The number of fused-ring (bicyclic) bond motifs is 2. The van der Waals surface area contributed by atoms with Gasteiger partial charge in [-0.05, 0) is 17.5 Å². The highest BCUT2D eigenvalue weighted by molar-refractivity contribution is 7.17. The number of nitrogens with one attached hydrogen (secondary N) is 2. The van der Waals surface area contributed by atoms with E-state index >= 15 is 0 Å². The number of aliphatic hydroxyl groups is 1. The average molecular weight is 294 g/mol. The molecule has 7 heteroatoms. The molecule has 0 spiro atoms. The highest BCUT2D eigenvalue weighted by Crippen LogP contribution is 2.27. The van der Waals surface area contributed by atoms with Gasteiger partial charge in [-0.15, -0.1) is 11.3 Å². The van der Waals surface area contributed by atoms with Crippen LogP contribution < -0.4 is 5.32 Å². The molecule has 4 rings (SSSR count). The second-order valence-electron chi connectivity index (χ2n) is 5.12. The van der Waals surface area contributed by atoms with Gasteiger partial charge in [0.25, 0.3) is 5.91 Å². The maximum Gasteiger partial charge on any atom is 0.268 e. The molecule has 20 heavy (non-hydrogen) atoms. The van der Waals surface area contributed by atoms with E-state index in [0.717, 1.165) is 10.2 Å². The van der Waals surface area contributed by atoms with E-state index in [1.54, 1.807) is 11.3 Å². The number of rotatable bonds is 2. The lowest BCUT2D eigenvalue weighted by Gasteiger charge is -2.16. The van der Waals surface area contributed by atoms with Crippen molar-refractivity contribution in [1.82, 2.24) is 10.3 Å². The van der Waals surface area contributed by atoms with Gasteiger partial charge >= 0.3 is 0 Å². The lowest BCUT2D eigenvalue weighted by molar-refractivity contribution is 0.0178. The number of thiophene rings is 1. The Morgan fingerprint density at radius 1 is 1.40 bits per heavy atom. The molecule has 0 aliphatic carbocycles. The predicted octanol–water partition coefficient (Wildman–Crippen LogP) is 0.486. The minimum absolute atomic E-state index is 0.173. The van der Waals surface area contributed by atoms with Crippen molar-refractivity contribution < 1.29 is 19.4 Å². The summed E-state index contributed by atoms with van der Waals surface area (Å²) in [4.78, 5) is 15.3. The number of carbonyl (C=O) groups excluding carboxylic acids is 1. The third-order valence-corrected chi connectivity index (χ3v) is 4.69. The van der Waals surface area contributed by atoms with E-state index in [1.807, 2.05) is 17.5 Å². The number of aromatic nitrogens is 1. The highest BCUT2D eigenvalue weighted by atomic mass is 32.1. The van der Waals surface area contributed by atoms with E-state index in [4.69, 9.17) is 9.47 Å². The molecule has 1 amide bonds. The van der Waals surface area contributed by atoms with E-state index in [1.165, 1.54) is 0 Å². The molecule has 2 saturated heterocycles. The molecule has 3 N–H and O–H groups in total. The smallest absolute Gasteiger partial charge is 0.268 e. The summed E-state index contributed by atoms with van der Waals surface area (Å²) in [5.41, 5.74) is 1.50. The van der Waals surface area contributed by atoms with Gasteiger partial charge in [0, 0.05) is 0 Å². The maximum atomic E-state index is 12.2. The van der Waals surface area contributed by atoms with Crippen molar-refractivity contribution in [1.29, 1.82) is 0 Å². The fourth-order valence-corrected chi connectivity index (χ4v) is 3.60. The van der Waals surface area contributed by atoms with Gasteiger partial charge in [0.05, 0.1) is 29.5 Å². The first-order valence-corrected chi connectivity index (χ1v) is 7.39. The monoisotopic (exact) mass is 294 g/mol. The van der Waals surface area contributed by atoms with E-state index < -0.39 is 6.10 Å². The van der Waals surface area contributed by atoms with Crippen LogP contribution in [0.25, 0.3) is 10.2 Å². The van der Waals surface area contributed by atoms with Gasteiger partial charge in [0.2, 0.25) is 0 Å². The second kappa shape index (κ2) is 4.56. The van der Waals surface area contributed by atoms with Crippen LogP contribution in [0.15, 0.2) is 17.5 Å². The third-order valence-electron chi connectivity index (χ3n) is 3.83. The lowest BCUT2D eigenvalue weighted by atomic mass is 10.1. The predicted molar refractivity (Wildman–Crippen MR) is 72.9 cm³/mol. The largest absolute Gasteiger partial charge is 0.388 e. The maximum absolute atomic E-state index is 12.2. The van der Waals surface area contributed by atoms with Crippen LogP contribution in [0.4, 0.5) is 0 Å². The van der Waals surface area contributed by atoms with Crippen molar-refractivity contribution in [3.05, 3.63) is 23.2 Å². The molecule has 2 aromatic rings. The number of carbonyl (C=O) groups is 1. The third kappa shape index (κ3) is 1.86. The lowest BCUT2D eigenvalue weighted by Crippen LogP contribution is -2.44. The quantitative estimate of drug-likeness (QED) is 0.752. The zero-order valence-electron chi connectivity index (χ0n) is 10.5. The standard InChI is InChI=1S/C13H14N2O4S/c16-9-5-19-11-8(4-18-12(9)11)15-13(17)7-3-10-6(14-7)1-2-20-10/h1-3,8-9,11-12,14,16H,4-5H2,(H,15,17)/t8-,9-,11-,12-/m1/s1. The number of H-pyrrole nitrogens is 1. The molecular formula is C13H14N2O4S. The fraction of sp³-hybridized carbons (Fsp3) is 0.462. The van der Waals surface area contributed by atoms with E-state index in [-0.39, 0.29) is 30.8 Å². The number of hydrogen-bond donors (Lipinski definition) is 3. The topological polar surface area (TPSA) is 83.6 Å². The minimum Gasteiger partial charge on any atom is -0.388 e. The Hall–Kier alpha value is -1.41. The SMILES string of the molecule is O=C(N[C@@H]1CO[C@H]2[C@@H]1OC[C@H]2O)c1cc2sccc2[nH]1. The van der Waals surface area contributed by atoms with Gasteiger partial charge in [-0.25, -0.2) is 0 Å². The molecule has 0 saturated carbocycles. The zero-order chi connectivity index (χ0) is 13.7. The zero-order valence-corrected chi connectivity index (χ0v) is 11.4. The molecule has 0 bridgehead atoms. The number of hydrogen-bond acceptors (Lipinski definition) is 5. The Kier molecular flexibility index (Phi) is 2.81. The minimum atomic E-state index is -0.599. The highest BCUT2D eigenvalue weighted by Gasteiger charge is 2.47. The molecule has 2 fully saturated rings. The van der Waals surface area contributed by atoms with Crippen molar-refractivity contribution >= 4 is 27.5 Å². The van der Waals surface area contributed by atoms with Crippen LogP contribution in [0.5, 0.6) is 0 Å². The fourth-order valence-electron chi connectivity index (χ4n) is 2.82. The van der Waals surface area contributed by atoms with Gasteiger partial charge in [0.15, 0.2) is 0 Å². The van der Waals surface area contributed by atoms with Crippen LogP contribution in [-0.2, 0) is 9.47 Å². The van der Waals surface area contributed by atoms with Crippen LogP contribution in [-0.4, -0.2) is 53.6 Å². The van der Waals surface area contributed by atoms with Crippen LogP contribution in [0.1, 0.15) is 10.5 Å². The van der Waals surface area contributed by atoms with E-state index in [2.05, 4.69) is 10.3 Å². The molecule has 0 aromatic carbocycles. The average Bonchev–Trinajstić information content (AvgIpc) is 3.12. The molecule has 4 atom stereocenters. The van der Waals surface area contributed by atoms with Gasteiger partial charge < -0.3 is 24.9 Å². The summed E-state index contributed by atoms with van der Waals surface area (Å²) in [6, 6.07) is 3.57. The number of amides is 1. The van der Waals surface area contributed by atoms with E-state index in [0.29, 0.717) is 12.3 Å². The van der Waals surface area contributed by atoms with Crippen LogP contribution in [0.2, 0.25) is 0 Å². The van der Waals surface area contributed by atoms with Gasteiger partial charge in [0.1, 0.15) is 24.0 Å². The van der Waals surface area contributed by atoms with Crippen molar-refractivity contribution in [3.63, 3.8) is 0 Å². The van der Waals surface area contributed by atoms with Crippen LogP contribution in [0, 0.1) is 0 Å². The Morgan fingerprint density at radius 2 is 2.25 bits per heavy atom. The molecule has 106 valence electrons. The molecule has 0 unspecified atom stereocenters. The summed E-state index contributed by atoms with van der Waals surface area (Å²) >= 11 is 1.59. The van der Waals surface area contributed by atoms with Crippen LogP contribution in [0.3, 0.4) is 0 Å². The molecule has 4 heterocycles. The Balaban J connectivity index is 1.49. The normalized spacial score (nSPS) is 32.6. The number of aliphatic hydroxyl groups excluding tert-OH is 1. The molecule has 2 aromatic heterocycles. The number of ether oxygens (including phenoxy) is 2. The van der Waals surface area contributed by atoms with Crippen molar-refractivity contribution in [3.8, 4) is 0 Å². The summed E-state index contributed by atoms with van der Waals surface area (Å²) < 4.78 is 12.0. The molecule has 2 aliphatic heterocycles. The molecule has 6 nitrogen and oxygen atoms in total. The Labute approximate surface area is 118 Å². The summed E-state index contributed by atoms with van der Waals surface area (Å²) in [7, 11) is 0. The van der Waals surface area contributed by atoms with Crippen molar-refractivity contribution in [2.45, 2.75) is 24.4 Å². The molecular weight excluding hydrogens is 280 g/mol. The Bertz CT molecular complexity index is 623. The van der Waals surface area contributed by atoms with Gasteiger partial charge in [-0.3, -0.25) is 4.79 Å². The molecule has 2 aliphatic rings. The van der Waals surface area contributed by atoms with Crippen LogP contribution >= 0.6 is 11.3 Å². The summed E-state index contributed by atoms with van der Waals surface area (Å²) in [6.45, 7) is 0.632. The van der Waals surface area contributed by atoms with Crippen molar-refractivity contribution in [2.75, 3.05) is 13.2 Å². The van der Waals surface area contributed by atoms with Gasteiger partial charge in [-0.1, -0.05) is 0 Å². The van der Waals surface area contributed by atoms with Crippen molar-refractivity contribution in [2.24, 2.45) is 0 Å². The summed E-state index contributed by atoms with van der Waals surface area (Å²) in [5, 5.41) is 14.6. The number of aromatic amines is 1. The Morgan fingerprint density at radius 3 is 3.10 bits per heavy atom. The second-order valence-corrected chi connectivity index (χ2v) is 6.07. The van der Waals surface area contributed by atoms with E-state index in [9.17, 15) is 9.90 Å². The molecule has 0 radical (unpaired) electrons. The van der Waals surface area contributed by atoms with Gasteiger partial charge in [-0.2, -0.15) is 0 Å². The first-order chi connectivity index (χ1) is 9.72. The first kappa shape index (κ1) is 12.3.